The summed E-state index contributed by atoms with van der Waals surface area (Å²) in [7, 11) is 1.52. The number of rotatable bonds is 9. The van der Waals surface area contributed by atoms with Crippen molar-refractivity contribution in [3.05, 3.63) is 30.4 Å². The highest BCUT2D eigenvalue weighted by Crippen LogP contribution is 2.22. The van der Waals surface area contributed by atoms with Crippen LogP contribution in [0.15, 0.2) is 24.7 Å². The molecule has 10 heteroatoms. The van der Waals surface area contributed by atoms with Crippen LogP contribution >= 0.6 is 0 Å². The summed E-state index contributed by atoms with van der Waals surface area (Å²) in [6.45, 7) is 3.65. The Labute approximate surface area is 156 Å². The van der Waals surface area contributed by atoms with Gasteiger partial charge in [-0.2, -0.15) is 0 Å². The molecule has 2 amide bonds. The number of primary amides is 2. The summed E-state index contributed by atoms with van der Waals surface area (Å²) >= 11 is 0. The number of hydrogen-bond donors (Lipinski definition) is 4. The van der Waals surface area contributed by atoms with Crippen LogP contribution in [-0.2, 0) is 4.79 Å². The number of anilines is 3. The number of methoxy groups -OCH3 is 1. The number of nitrogens with one attached hydrogen (secondary N) is 2. The van der Waals surface area contributed by atoms with Crippen LogP contribution in [0.2, 0.25) is 0 Å². The summed E-state index contributed by atoms with van der Waals surface area (Å²) in [4.78, 5) is 35.3. The van der Waals surface area contributed by atoms with Gasteiger partial charge in [-0.25, -0.2) is 9.97 Å². The van der Waals surface area contributed by atoms with E-state index in [4.69, 9.17) is 16.2 Å². The van der Waals surface area contributed by atoms with Crippen LogP contribution in [0.1, 0.15) is 30.8 Å². The first kappa shape index (κ1) is 19.9. The molecule has 2 unspecified atom stereocenters. The fourth-order valence-corrected chi connectivity index (χ4v) is 2.42. The lowest BCUT2D eigenvalue weighted by molar-refractivity contribution is -0.121. The minimum absolute atomic E-state index is 0.0125. The summed E-state index contributed by atoms with van der Waals surface area (Å²) in [6.07, 6.45) is 5.02. The van der Waals surface area contributed by atoms with Gasteiger partial charge in [0.1, 0.15) is 11.6 Å². The lowest BCUT2D eigenvalue weighted by atomic mass is 10.0. The molecular weight excluding hydrogens is 350 g/mol. The maximum absolute atomic E-state index is 11.7. The van der Waals surface area contributed by atoms with E-state index in [2.05, 4.69) is 25.6 Å². The number of nitrogens with zero attached hydrogens (tertiary/aromatic N) is 3. The van der Waals surface area contributed by atoms with E-state index < -0.39 is 5.91 Å². The molecule has 0 aromatic carbocycles. The van der Waals surface area contributed by atoms with Crippen LogP contribution < -0.4 is 26.8 Å². The van der Waals surface area contributed by atoms with E-state index in [-0.39, 0.29) is 29.4 Å². The maximum Gasteiger partial charge on any atom is 0.271 e. The molecule has 2 atom stereocenters. The van der Waals surface area contributed by atoms with Gasteiger partial charge in [0.05, 0.1) is 31.4 Å². The molecule has 0 saturated carbocycles. The highest BCUT2D eigenvalue weighted by molar-refractivity contribution is 5.96. The highest BCUT2D eigenvalue weighted by atomic mass is 16.5. The lowest BCUT2D eigenvalue weighted by Gasteiger charge is -2.18. The van der Waals surface area contributed by atoms with Crippen molar-refractivity contribution in [1.29, 1.82) is 0 Å². The molecule has 144 valence electrons. The van der Waals surface area contributed by atoms with Crippen molar-refractivity contribution in [1.82, 2.24) is 15.0 Å². The zero-order valence-electron chi connectivity index (χ0n) is 15.4. The molecule has 0 fully saturated rings. The van der Waals surface area contributed by atoms with Gasteiger partial charge >= 0.3 is 0 Å². The summed E-state index contributed by atoms with van der Waals surface area (Å²) in [5, 5.41) is 6.10. The molecule has 0 saturated heterocycles. The van der Waals surface area contributed by atoms with Gasteiger partial charge in [-0.3, -0.25) is 14.6 Å². The molecule has 0 radical (unpaired) electrons. The number of carbonyl (C=O) groups is 2. The standard InChI is InChI=1S/C17H23N7O3/c1-9(15(18)25)4-10(2)22-13-8-21-14(16(19)26)17(24-13)23-11-5-12(27-3)7-20-6-11/h5-10H,4H2,1-3H3,(H2,18,25)(H2,19,26)(H2,22,23,24). The Morgan fingerprint density at radius 1 is 1.22 bits per heavy atom. The normalized spacial score (nSPS) is 12.7. The Bertz CT molecular complexity index is 828. The lowest BCUT2D eigenvalue weighted by Crippen LogP contribution is -2.27. The van der Waals surface area contributed by atoms with Crippen molar-refractivity contribution < 1.29 is 14.3 Å². The monoisotopic (exact) mass is 373 g/mol. The maximum atomic E-state index is 11.7. The fourth-order valence-electron chi connectivity index (χ4n) is 2.42. The first-order chi connectivity index (χ1) is 12.8. The van der Waals surface area contributed by atoms with Crippen LogP contribution in [0.25, 0.3) is 0 Å². The molecule has 0 spiro atoms. The van der Waals surface area contributed by atoms with Crippen molar-refractivity contribution in [2.24, 2.45) is 17.4 Å². The fraction of sp³-hybridized carbons (Fsp3) is 0.353. The molecule has 0 aliphatic heterocycles. The average molecular weight is 373 g/mol. The molecule has 2 aromatic heterocycles. The van der Waals surface area contributed by atoms with E-state index in [1.54, 1.807) is 25.4 Å². The van der Waals surface area contributed by atoms with Crippen molar-refractivity contribution in [2.45, 2.75) is 26.3 Å². The first-order valence-electron chi connectivity index (χ1n) is 8.29. The molecule has 27 heavy (non-hydrogen) atoms. The second-order valence-corrected chi connectivity index (χ2v) is 6.14. The van der Waals surface area contributed by atoms with E-state index in [1.807, 2.05) is 6.92 Å². The molecule has 0 aliphatic carbocycles. The third-order valence-electron chi connectivity index (χ3n) is 3.80. The predicted molar refractivity (Wildman–Crippen MR) is 101 cm³/mol. The van der Waals surface area contributed by atoms with Crippen LogP contribution in [0.5, 0.6) is 5.75 Å². The van der Waals surface area contributed by atoms with E-state index in [0.717, 1.165) is 0 Å². The Morgan fingerprint density at radius 3 is 2.59 bits per heavy atom. The van der Waals surface area contributed by atoms with Gasteiger partial charge in [0.2, 0.25) is 5.91 Å². The van der Waals surface area contributed by atoms with Crippen LogP contribution in [0.4, 0.5) is 17.3 Å². The molecule has 2 aromatic rings. The zero-order chi connectivity index (χ0) is 20.0. The van der Waals surface area contributed by atoms with Gasteiger partial charge in [0.15, 0.2) is 11.5 Å². The summed E-state index contributed by atoms with van der Waals surface area (Å²) in [6, 6.07) is 1.60. The molecule has 10 nitrogen and oxygen atoms in total. The number of amides is 2. The van der Waals surface area contributed by atoms with Crippen molar-refractivity contribution in [3.63, 3.8) is 0 Å². The molecule has 0 bridgehead atoms. The van der Waals surface area contributed by atoms with E-state index in [1.165, 1.54) is 13.3 Å². The topological polar surface area (TPSA) is 158 Å². The molecule has 6 N–H and O–H groups in total. The van der Waals surface area contributed by atoms with E-state index >= 15 is 0 Å². The van der Waals surface area contributed by atoms with Crippen molar-refractivity contribution in [2.75, 3.05) is 17.7 Å². The zero-order valence-corrected chi connectivity index (χ0v) is 15.4. The number of pyridine rings is 1. The van der Waals surface area contributed by atoms with Crippen LogP contribution in [0.3, 0.4) is 0 Å². The minimum Gasteiger partial charge on any atom is -0.495 e. The number of carbonyl (C=O) groups excluding carboxylic acids is 2. The molecule has 2 heterocycles. The Morgan fingerprint density at radius 2 is 1.96 bits per heavy atom. The van der Waals surface area contributed by atoms with Gasteiger partial charge in [0.25, 0.3) is 5.91 Å². The van der Waals surface area contributed by atoms with E-state index in [0.29, 0.717) is 23.7 Å². The summed E-state index contributed by atoms with van der Waals surface area (Å²) in [5.74, 6) is -0.238. The number of hydrogen-bond acceptors (Lipinski definition) is 8. The smallest absolute Gasteiger partial charge is 0.271 e. The highest BCUT2D eigenvalue weighted by Gasteiger charge is 2.17. The third kappa shape index (κ3) is 5.53. The van der Waals surface area contributed by atoms with Gasteiger partial charge in [0, 0.05) is 18.0 Å². The molecular formula is C17H23N7O3. The molecule has 0 aliphatic rings. The van der Waals surface area contributed by atoms with Crippen molar-refractivity contribution >= 4 is 29.1 Å². The second-order valence-electron chi connectivity index (χ2n) is 6.14. The third-order valence-corrected chi connectivity index (χ3v) is 3.80. The number of aromatic nitrogens is 3. The van der Waals surface area contributed by atoms with Gasteiger partial charge in [-0.15, -0.1) is 0 Å². The quantitative estimate of drug-likeness (QED) is 0.507. The van der Waals surface area contributed by atoms with Gasteiger partial charge < -0.3 is 26.8 Å². The first-order valence-corrected chi connectivity index (χ1v) is 8.29. The summed E-state index contributed by atoms with van der Waals surface area (Å²) < 4.78 is 5.12. The minimum atomic E-state index is -0.720. The van der Waals surface area contributed by atoms with Crippen molar-refractivity contribution in [3.8, 4) is 5.75 Å². The number of ether oxygens (including phenoxy) is 1. The Kier molecular flexibility index (Phi) is 6.47. The Hall–Kier alpha value is -3.43. The SMILES string of the molecule is COc1cncc(Nc2nc(NC(C)CC(C)C(N)=O)cnc2C(N)=O)c1. The van der Waals surface area contributed by atoms with Crippen LogP contribution in [0, 0.1) is 5.92 Å². The summed E-state index contributed by atoms with van der Waals surface area (Å²) in [5.41, 5.74) is 11.2. The van der Waals surface area contributed by atoms with E-state index in [9.17, 15) is 9.59 Å². The number of nitrogens with two attached hydrogens (primary N) is 2. The second kappa shape index (κ2) is 8.79. The van der Waals surface area contributed by atoms with Gasteiger partial charge in [-0.1, -0.05) is 6.92 Å². The Balaban J connectivity index is 2.23. The largest absolute Gasteiger partial charge is 0.495 e. The molecule has 2 rings (SSSR count). The predicted octanol–water partition coefficient (Wildman–Crippen LogP) is 1.03. The average Bonchev–Trinajstić information content (AvgIpc) is 2.61. The van der Waals surface area contributed by atoms with Crippen LogP contribution in [-0.4, -0.2) is 39.9 Å². The van der Waals surface area contributed by atoms with Gasteiger partial charge in [-0.05, 0) is 13.3 Å².